The zero-order valence-electron chi connectivity index (χ0n) is 9.72. The number of ether oxygens (including phenoxy) is 1. The Bertz CT molecular complexity index is 494. The standard InChI is InChI=1S/C12H14N2O2S2/c13-12(15)16-4-3-14-7-10-6-9(8-18-10)11-2-1-5-17-11/h1-2,5-6,8,14H,3-4,7H2,(H2,13,15). The lowest BCUT2D eigenvalue weighted by atomic mass is 10.2. The topological polar surface area (TPSA) is 64.4 Å². The van der Waals surface area contributed by atoms with Crippen LogP contribution in [0.2, 0.25) is 0 Å². The smallest absolute Gasteiger partial charge is 0.404 e. The monoisotopic (exact) mass is 282 g/mol. The Morgan fingerprint density at radius 1 is 1.44 bits per heavy atom. The fraction of sp³-hybridized carbons (Fsp3) is 0.250. The Hall–Kier alpha value is -1.37. The van der Waals surface area contributed by atoms with E-state index in [4.69, 9.17) is 5.73 Å². The van der Waals surface area contributed by atoms with Crippen LogP contribution in [0.15, 0.2) is 29.0 Å². The fourth-order valence-electron chi connectivity index (χ4n) is 1.48. The van der Waals surface area contributed by atoms with Gasteiger partial charge in [0.05, 0.1) is 0 Å². The molecule has 0 aliphatic rings. The van der Waals surface area contributed by atoms with Gasteiger partial charge >= 0.3 is 6.09 Å². The van der Waals surface area contributed by atoms with Crippen molar-refractivity contribution >= 4 is 28.8 Å². The molecule has 0 atom stereocenters. The minimum Gasteiger partial charge on any atom is -0.448 e. The molecule has 2 aromatic rings. The summed E-state index contributed by atoms with van der Waals surface area (Å²) in [5, 5.41) is 7.43. The molecule has 2 aromatic heterocycles. The predicted octanol–water partition coefficient (Wildman–Crippen LogP) is 2.66. The van der Waals surface area contributed by atoms with E-state index < -0.39 is 6.09 Å². The van der Waals surface area contributed by atoms with E-state index in [0.29, 0.717) is 13.2 Å². The molecule has 0 spiro atoms. The number of hydrogen-bond acceptors (Lipinski definition) is 5. The van der Waals surface area contributed by atoms with Crippen molar-refractivity contribution in [3.63, 3.8) is 0 Å². The highest BCUT2D eigenvalue weighted by Crippen LogP contribution is 2.28. The van der Waals surface area contributed by atoms with Crippen molar-refractivity contribution in [2.45, 2.75) is 6.54 Å². The van der Waals surface area contributed by atoms with Crippen LogP contribution >= 0.6 is 22.7 Å². The van der Waals surface area contributed by atoms with Crippen LogP contribution in [0.25, 0.3) is 10.4 Å². The SMILES string of the molecule is NC(=O)OCCNCc1cc(-c2cccs2)cs1. The van der Waals surface area contributed by atoms with Crippen LogP contribution in [0.4, 0.5) is 4.79 Å². The lowest BCUT2D eigenvalue weighted by Gasteiger charge is -2.02. The van der Waals surface area contributed by atoms with Crippen LogP contribution in [-0.4, -0.2) is 19.2 Å². The van der Waals surface area contributed by atoms with Gasteiger partial charge in [-0.1, -0.05) is 6.07 Å². The second-order valence-corrected chi connectivity index (χ2v) is 5.57. The fourth-order valence-corrected chi connectivity index (χ4v) is 3.12. The Kier molecular flexibility index (Phi) is 4.74. The molecule has 2 heterocycles. The normalized spacial score (nSPS) is 10.4. The number of amides is 1. The van der Waals surface area contributed by atoms with Crippen molar-refractivity contribution in [2.24, 2.45) is 5.73 Å². The molecule has 0 fully saturated rings. The molecule has 0 aliphatic carbocycles. The third-order valence-corrected chi connectivity index (χ3v) is 4.14. The first-order valence-electron chi connectivity index (χ1n) is 5.50. The largest absolute Gasteiger partial charge is 0.448 e. The highest BCUT2D eigenvalue weighted by atomic mass is 32.1. The van der Waals surface area contributed by atoms with Crippen molar-refractivity contribution in [1.82, 2.24) is 5.32 Å². The Labute approximate surface area is 113 Å². The molecule has 0 bridgehead atoms. The first-order chi connectivity index (χ1) is 8.75. The van der Waals surface area contributed by atoms with Gasteiger partial charge in [0.2, 0.25) is 0 Å². The summed E-state index contributed by atoms with van der Waals surface area (Å²) in [5.41, 5.74) is 6.12. The maximum absolute atomic E-state index is 10.3. The summed E-state index contributed by atoms with van der Waals surface area (Å²) in [6.07, 6.45) is -0.729. The van der Waals surface area contributed by atoms with Crippen LogP contribution in [0.1, 0.15) is 4.88 Å². The van der Waals surface area contributed by atoms with Crippen molar-refractivity contribution in [1.29, 1.82) is 0 Å². The number of thiophene rings is 2. The maximum Gasteiger partial charge on any atom is 0.404 e. The first kappa shape index (κ1) is 13.1. The van der Waals surface area contributed by atoms with E-state index in [1.54, 1.807) is 22.7 Å². The van der Waals surface area contributed by atoms with E-state index in [9.17, 15) is 4.79 Å². The van der Waals surface area contributed by atoms with Crippen molar-refractivity contribution in [3.8, 4) is 10.4 Å². The molecule has 1 amide bonds. The highest BCUT2D eigenvalue weighted by Gasteiger charge is 2.03. The molecule has 6 heteroatoms. The molecular formula is C12H14N2O2S2. The number of nitrogens with one attached hydrogen (secondary N) is 1. The number of primary amides is 1. The lowest BCUT2D eigenvalue weighted by Crippen LogP contribution is -2.22. The molecule has 0 radical (unpaired) electrons. The van der Waals surface area contributed by atoms with Crippen LogP contribution in [0.5, 0.6) is 0 Å². The summed E-state index contributed by atoms with van der Waals surface area (Å²) in [6, 6.07) is 6.35. The van der Waals surface area contributed by atoms with Gasteiger partial charge in [-0.3, -0.25) is 0 Å². The number of carbonyl (C=O) groups is 1. The summed E-state index contributed by atoms with van der Waals surface area (Å²) in [7, 11) is 0. The summed E-state index contributed by atoms with van der Waals surface area (Å²) >= 11 is 3.46. The van der Waals surface area contributed by atoms with Gasteiger partial charge in [0.25, 0.3) is 0 Å². The van der Waals surface area contributed by atoms with E-state index in [0.717, 1.165) is 6.54 Å². The Balaban J connectivity index is 1.76. The minimum atomic E-state index is -0.729. The van der Waals surface area contributed by atoms with Gasteiger partial charge in [-0.15, -0.1) is 22.7 Å². The van der Waals surface area contributed by atoms with Crippen LogP contribution in [-0.2, 0) is 11.3 Å². The second-order valence-electron chi connectivity index (χ2n) is 3.62. The molecule has 0 aromatic carbocycles. The lowest BCUT2D eigenvalue weighted by molar-refractivity contribution is 0.157. The van der Waals surface area contributed by atoms with E-state index in [-0.39, 0.29) is 0 Å². The van der Waals surface area contributed by atoms with Gasteiger partial charge in [0.15, 0.2) is 0 Å². The predicted molar refractivity (Wildman–Crippen MR) is 74.9 cm³/mol. The molecule has 18 heavy (non-hydrogen) atoms. The Morgan fingerprint density at radius 2 is 2.33 bits per heavy atom. The van der Waals surface area contributed by atoms with Crippen LogP contribution in [0.3, 0.4) is 0 Å². The van der Waals surface area contributed by atoms with Crippen molar-refractivity contribution in [2.75, 3.05) is 13.2 Å². The molecular weight excluding hydrogens is 268 g/mol. The number of rotatable bonds is 6. The maximum atomic E-state index is 10.3. The quantitative estimate of drug-likeness (QED) is 0.801. The van der Waals surface area contributed by atoms with Gasteiger partial charge in [-0.25, -0.2) is 4.79 Å². The first-order valence-corrected chi connectivity index (χ1v) is 7.26. The number of nitrogens with two attached hydrogens (primary N) is 1. The average molecular weight is 282 g/mol. The van der Waals surface area contributed by atoms with Gasteiger partial charge in [0, 0.05) is 28.4 Å². The van der Waals surface area contributed by atoms with E-state index in [1.165, 1.54) is 15.3 Å². The molecule has 2 rings (SSSR count). The molecule has 3 N–H and O–H groups in total. The van der Waals surface area contributed by atoms with Crippen molar-refractivity contribution in [3.05, 3.63) is 33.8 Å². The van der Waals surface area contributed by atoms with E-state index in [2.05, 4.69) is 39.0 Å². The van der Waals surface area contributed by atoms with E-state index in [1.807, 2.05) is 0 Å². The second kappa shape index (κ2) is 6.53. The van der Waals surface area contributed by atoms with Gasteiger partial charge in [-0.2, -0.15) is 0 Å². The molecule has 4 nitrogen and oxygen atoms in total. The van der Waals surface area contributed by atoms with Gasteiger partial charge in [0.1, 0.15) is 6.61 Å². The van der Waals surface area contributed by atoms with Gasteiger partial charge < -0.3 is 15.8 Å². The third-order valence-electron chi connectivity index (χ3n) is 2.28. The molecule has 96 valence electrons. The highest BCUT2D eigenvalue weighted by molar-refractivity contribution is 7.14. The summed E-state index contributed by atoms with van der Waals surface area (Å²) in [4.78, 5) is 12.9. The van der Waals surface area contributed by atoms with Crippen molar-refractivity contribution < 1.29 is 9.53 Å². The summed E-state index contributed by atoms with van der Waals surface area (Å²) < 4.78 is 4.63. The zero-order chi connectivity index (χ0) is 12.8. The van der Waals surface area contributed by atoms with Gasteiger partial charge in [-0.05, 0) is 22.9 Å². The number of carbonyl (C=O) groups excluding carboxylic acids is 1. The summed E-state index contributed by atoms with van der Waals surface area (Å²) in [6.45, 7) is 1.69. The zero-order valence-corrected chi connectivity index (χ0v) is 11.4. The van der Waals surface area contributed by atoms with Crippen LogP contribution in [0, 0.1) is 0 Å². The van der Waals surface area contributed by atoms with E-state index >= 15 is 0 Å². The number of hydrogen-bond donors (Lipinski definition) is 2. The summed E-state index contributed by atoms with van der Waals surface area (Å²) in [5.74, 6) is 0. The molecule has 0 aliphatic heterocycles. The third kappa shape index (κ3) is 3.83. The molecule has 0 saturated carbocycles. The average Bonchev–Trinajstić information content (AvgIpc) is 2.98. The molecule has 0 unspecified atom stereocenters. The minimum absolute atomic E-state index is 0.304. The molecule has 0 saturated heterocycles. The Morgan fingerprint density at radius 3 is 3.06 bits per heavy atom. The van der Waals surface area contributed by atoms with Crippen LogP contribution < -0.4 is 11.1 Å².